The molecule has 13 nitrogen and oxygen atoms in total. The Morgan fingerprint density at radius 3 is 2.40 bits per heavy atom. The minimum Gasteiger partial charge on any atom is -0.441 e. The molecule has 0 fully saturated rings. The second-order valence-electron chi connectivity index (χ2n) is 11.7. The lowest BCUT2D eigenvalue weighted by molar-refractivity contribution is -0.133. The van der Waals surface area contributed by atoms with Gasteiger partial charge in [-0.25, -0.2) is 14.6 Å². The van der Waals surface area contributed by atoms with Crippen LogP contribution in [0.4, 0.5) is 11.7 Å². The van der Waals surface area contributed by atoms with Crippen LogP contribution in [0.25, 0.3) is 33.3 Å². The third-order valence-electron chi connectivity index (χ3n) is 8.26. The number of aromatic nitrogens is 4. The van der Waals surface area contributed by atoms with Crippen LogP contribution in [0, 0.1) is 0 Å². The highest BCUT2D eigenvalue weighted by Crippen LogP contribution is 2.33. The van der Waals surface area contributed by atoms with Gasteiger partial charge >= 0.3 is 0 Å². The Hall–Kier alpha value is -4.56. The van der Waals surface area contributed by atoms with E-state index in [4.69, 9.17) is 39.9 Å². The number of hydrogen-bond donors (Lipinski definition) is 2. The van der Waals surface area contributed by atoms with Crippen molar-refractivity contribution in [3.8, 4) is 11.3 Å². The number of hydrogen-bond acceptors (Lipinski definition) is 11. The molecule has 2 aromatic carbocycles. The number of fused-ring (bicyclic) bond motifs is 3. The summed E-state index contributed by atoms with van der Waals surface area (Å²) in [6.07, 6.45) is 3.59. The van der Waals surface area contributed by atoms with Crippen molar-refractivity contribution in [2.24, 2.45) is 0 Å². The lowest BCUT2D eigenvalue weighted by Crippen LogP contribution is -2.36. The number of nitrogens with two attached hydrogens (primary N) is 2. The van der Waals surface area contributed by atoms with Crippen molar-refractivity contribution in [1.82, 2.24) is 24.6 Å². The minimum atomic E-state index is 0.0912. The number of rotatable bonds is 17. The summed E-state index contributed by atoms with van der Waals surface area (Å²) in [7, 11) is 0. The maximum atomic E-state index is 12.9. The molecule has 1 amide bonds. The van der Waals surface area contributed by atoms with Crippen LogP contribution in [0.15, 0.2) is 53.2 Å². The number of carbonyl (C=O) groups is 1. The molecular weight excluding hydrogens is 614 g/mol. The Kier molecular flexibility index (Phi) is 11.1. The van der Waals surface area contributed by atoms with Gasteiger partial charge < -0.3 is 39.7 Å². The molecule has 4 N–H and O–H groups in total. The molecule has 1 aliphatic rings. The molecule has 0 bridgehead atoms. The number of nitrogens with zero attached hydrogens (tertiary/aromatic N) is 5. The molecule has 0 saturated heterocycles. The first kappa shape index (κ1) is 33.3. The summed E-state index contributed by atoms with van der Waals surface area (Å²) in [5.74, 6) is 0.814. The number of carbonyl (C=O) groups excluding carboxylic acids is 1. The highest BCUT2D eigenvalue weighted by Gasteiger charge is 2.22. The summed E-state index contributed by atoms with van der Waals surface area (Å²) in [4.78, 5) is 23.6. The SMILES string of the molecule is CCCOCCOCCOCCOCCC(=O)N1CCc2cc(Cn3nc(-c4ccc5oc(N)cc5c4)c4c(N)ncnc43)ccc2C1. The van der Waals surface area contributed by atoms with Crippen LogP contribution in [-0.2, 0) is 43.3 Å². The van der Waals surface area contributed by atoms with E-state index < -0.39 is 0 Å². The van der Waals surface area contributed by atoms with Crippen molar-refractivity contribution >= 4 is 39.6 Å². The molecule has 0 spiro atoms. The molecule has 1 aliphatic heterocycles. The molecule has 254 valence electrons. The molecule has 48 heavy (non-hydrogen) atoms. The summed E-state index contributed by atoms with van der Waals surface area (Å²) in [6.45, 7) is 8.09. The third kappa shape index (κ3) is 8.11. The Morgan fingerprint density at radius 1 is 0.875 bits per heavy atom. The zero-order valence-corrected chi connectivity index (χ0v) is 27.4. The molecule has 0 radical (unpaired) electrons. The number of ether oxygens (including phenoxy) is 4. The zero-order valence-electron chi connectivity index (χ0n) is 27.4. The van der Waals surface area contributed by atoms with E-state index in [-0.39, 0.29) is 5.91 Å². The van der Waals surface area contributed by atoms with E-state index >= 15 is 0 Å². The number of anilines is 2. The van der Waals surface area contributed by atoms with Crippen molar-refractivity contribution in [1.29, 1.82) is 0 Å². The van der Waals surface area contributed by atoms with E-state index in [0.29, 0.717) is 106 Å². The Bertz CT molecular complexity index is 1840. The third-order valence-corrected chi connectivity index (χ3v) is 8.26. The van der Waals surface area contributed by atoms with E-state index in [1.807, 2.05) is 27.8 Å². The molecule has 4 heterocycles. The van der Waals surface area contributed by atoms with Crippen molar-refractivity contribution in [2.45, 2.75) is 39.3 Å². The van der Waals surface area contributed by atoms with Gasteiger partial charge in [-0.1, -0.05) is 25.1 Å². The Balaban J connectivity index is 0.993. The first-order chi connectivity index (χ1) is 23.5. The molecule has 0 saturated carbocycles. The minimum absolute atomic E-state index is 0.0912. The Labute approximate surface area is 279 Å². The molecule has 5 aromatic rings. The van der Waals surface area contributed by atoms with Gasteiger partial charge in [0.2, 0.25) is 5.91 Å². The number of nitrogen functional groups attached to an aromatic ring is 2. The molecule has 0 unspecified atom stereocenters. The van der Waals surface area contributed by atoms with E-state index in [1.165, 1.54) is 11.9 Å². The second kappa shape index (κ2) is 16.0. The standard InChI is InChI=1S/C35H43N7O6/c1-2-10-44-12-14-46-16-17-47-15-13-45-11-8-31(43)41-9-7-25-18-24(3-4-27(25)22-41)21-42-35-32(34(37)38-23-39-35)33(40-42)26-5-6-29-28(19-26)20-30(36)48-29/h3-6,18-20,23H,2,7-17,21-22,36H2,1H3,(H2,37,38,39). The van der Waals surface area contributed by atoms with Crippen LogP contribution in [-0.4, -0.2) is 90.0 Å². The van der Waals surface area contributed by atoms with Gasteiger partial charge in [0.15, 0.2) is 11.5 Å². The lowest BCUT2D eigenvalue weighted by Gasteiger charge is -2.29. The smallest absolute Gasteiger partial charge is 0.225 e. The molecule has 13 heteroatoms. The van der Waals surface area contributed by atoms with Crippen LogP contribution in [0.2, 0.25) is 0 Å². The van der Waals surface area contributed by atoms with Gasteiger partial charge in [0.25, 0.3) is 0 Å². The maximum Gasteiger partial charge on any atom is 0.225 e. The number of amides is 1. The normalized spacial score (nSPS) is 13.1. The fraction of sp³-hybridized carbons (Fsp3) is 0.429. The average Bonchev–Trinajstić information content (AvgIpc) is 3.66. The van der Waals surface area contributed by atoms with Crippen LogP contribution < -0.4 is 11.5 Å². The monoisotopic (exact) mass is 657 g/mol. The molecule has 0 atom stereocenters. The van der Waals surface area contributed by atoms with Crippen molar-refractivity contribution < 1.29 is 28.2 Å². The average molecular weight is 658 g/mol. The number of benzene rings is 2. The van der Waals surface area contributed by atoms with Gasteiger partial charge in [0, 0.05) is 36.7 Å². The first-order valence-corrected chi connectivity index (χ1v) is 16.5. The van der Waals surface area contributed by atoms with E-state index in [1.54, 1.807) is 6.07 Å². The Morgan fingerprint density at radius 2 is 1.62 bits per heavy atom. The van der Waals surface area contributed by atoms with Crippen LogP contribution in [0.1, 0.15) is 36.5 Å². The second-order valence-corrected chi connectivity index (χ2v) is 11.7. The summed E-state index contributed by atoms with van der Waals surface area (Å²) >= 11 is 0. The van der Waals surface area contributed by atoms with Crippen molar-refractivity contribution in [3.63, 3.8) is 0 Å². The maximum absolute atomic E-state index is 12.9. The largest absolute Gasteiger partial charge is 0.441 e. The lowest BCUT2D eigenvalue weighted by atomic mass is 9.97. The van der Waals surface area contributed by atoms with Gasteiger partial charge in [-0.2, -0.15) is 5.10 Å². The summed E-state index contributed by atoms with van der Waals surface area (Å²) in [5, 5.41) is 6.52. The summed E-state index contributed by atoms with van der Waals surface area (Å²) < 4.78 is 29.4. The van der Waals surface area contributed by atoms with Gasteiger partial charge in [0.05, 0.1) is 64.6 Å². The highest BCUT2D eigenvalue weighted by atomic mass is 16.6. The first-order valence-electron chi connectivity index (χ1n) is 16.5. The summed E-state index contributed by atoms with van der Waals surface area (Å²) in [5.41, 5.74) is 18.6. The molecule has 6 rings (SSSR count). The van der Waals surface area contributed by atoms with Crippen LogP contribution in [0.5, 0.6) is 0 Å². The van der Waals surface area contributed by atoms with Gasteiger partial charge in [-0.05, 0) is 47.7 Å². The zero-order chi connectivity index (χ0) is 33.3. The van der Waals surface area contributed by atoms with Gasteiger partial charge in [-0.3, -0.25) is 4.79 Å². The van der Waals surface area contributed by atoms with E-state index in [2.05, 4.69) is 35.1 Å². The van der Waals surface area contributed by atoms with Gasteiger partial charge in [-0.15, -0.1) is 0 Å². The highest BCUT2D eigenvalue weighted by molar-refractivity contribution is 6.00. The molecular formula is C35H43N7O6. The topological polar surface area (TPSA) is 166 Å². The predicted molar refractivity (Wildman–Crippen MR) is 182 cm³/mol. The van der Waals surface area contributed by atoms with Crippen molar-refractivity contribution in [2.75, 3.05) is 70.9 Å². The predicted octanol–water partition coefficient (Wildman–Crippen LogP) is 4.20. The van der Waals surface area contributed by atoms with Crippen molar-refractivity contribution in [3.05, 3.63) is 65.5 Å². The van der Waals surface area contributed by atoms with E-state index in [9.17, 15) is 4.79 Å². The molecule has 0 aliphatic carbocycles. The fourth-order valence-electron chi connectivity index (χ4n) is 5.87. The van der Waals surface area contributed by atoms with Crippen LogP contribution >= 0.6 is 0 Å². The molecule has 3 aromatic heterocycles. The number of furan rings is 1. The summed E-state index contributed by atoms with van der Waals surface area (Å²) in [6, 6.07) is 14.0. The van der Waals surface area contributed by atoms with E-state index in [0.717, 1.165) is 41.5 Å². The quantitative estimate of drug-likeness (QED) is 0.138. The van der Waals surface area contributed by atoms with Crippen LogP contribution in [0.3, 0.4) is 0 Å². The van der Waals surface area contributed by atoms with Gasteiger partial charge in [0.1, 0.15) is 23.4 Å². The fourth-order valence-corrected chi connectivity index (χ4v) is 5.87.